The van der Waals surface area contributed by atoms with Gasteiger partial charge in [-0.1, -0.05) is 13.8 Å². The molecule has 0 saturated carbocycles. The molecule has 1 aromatic rings. The van der Waals surface area contributed by atoms with Crippen LogP contribution in [-0.4, -0.2) is 27.3 Å². The molecule has 1 heterocycles. The monoisotopic (exact) mass is 241 g/mol. The summed E-state index contributed by atoms with van der Waals surface area (Å²) in [5.41, 5.74) is 1.24. The van der Waals surface area contributed by atoms with E-state index in [1.54, 1.807) is 0 Å². The molecular formula is C12H23N3S. The standard InChI is InChI=1S/C12H23N3S/c1-10(2)8-16-9-11(3)13-7-12-5-6-14-15(12)4/h5-6,10-11,13H,7-9H2,1-4H3. The Hall–Kier alpha value is -0.480. The Morgan fingerprint density at radius 1 is 1.38 bits per heavy atom. The maximum atomic E-state index is 4.15. The molecule has 0 fully saturated rings. The van der Waals surface area contributed by atoms with Crippen molar-refractivity contribution in [3.8, 4) is 0 Å². The van der Waals surface area contributed by atoms with Crippen molar-refractivity contribution >= 4 is 11.8 Å². The SMILES string of the molecule is CC(C)CSCC(C)NCc1ccnn1C. The first-order valence-corrected chi connectivity index (χ1v) is 7.03. The Bertz CT molecular complexity index is 296. The average molecular weight is 241 g/mol. The van der Waals surface area contributed by atoms with Gasteiger partial charge in [-0.3, -0.25) is 4.68 Å². The minimum atomic E-state index is 0.554. The number of aryl methyl sites for hydroxylation is 1. The number of rotatable bonds is 7. The Labute approximate surface area is 103 Å². The molecule has 16 heavy (non-hydrogen) atoms. The number of nitrogens with one attached hydrogen (secondary N) is 1. The summed E-state index contributed by atoms with van der Waals surface area (Å²) in [4.78, 5) is 0. The van der Waals surface area contributed by atoms with Crippen LogP contribution in [0.1, 0.15) is 26.5 Å². The summed E-state index contributed by atoms with van der Waals surface area (Å²) in [6, 6.07) is 2.61. The number of thioether (sulfide) groups is 1. The highest BCUT2D eigenvalue weighted by Crippen LogP contribution is 2.09. The predicted molar refractivity (Wildman–Crippen MR) is 71.7 cm³/mol. The zero-order valence-electron chi connectivity index (χ0n) is 10.7. The van der Waals surface area contributed by atoms with Gasteiger partial charge in [-0.25, -0.2) is 0 Å². The molecule has 0 saturated heterocycles. The second-order valence-electron chi connectivity index (χ2n) is 4.66. The largest absolute Gasteiger partial charge is 0.308 e. The number of aromatic nitrogens is 2. The molecule has 92 valence electrons. The summed E-state index contributed by atoms with van der Waals surface area (Å²) in [6.45, 7) is 7.67. The fourth-order valence-electron chi connectivity index (χ4n) is 1.39. The lowest BCUT2D eigenvalue weighted by Crippen LogP contribution is -2.28. The van der Waals surface area contributed by atoms with E-state index in [1.165, 1.54) is 17.2 Å². The molecule has 4 heteroatoms. The molecule has 0 aromatic carbocycles. The minimum Gasteiger partial charge on any atom is -0.308 e. The summed E-state index contributed by atoms with van der Waals surface area (Å²) >= 11 is 2.03. The van der Waals surface area contributed by atoms with Gasteiger partial charge in [0.2, 0.25) is 0 Å². The van der Waals surface area contributed by atoms with Crippen LogP contribution in [0.15, 0.2) is 12.3 Å². The zero-order valence-corrected chi connectivity index (χ0v) is 11.5. The number of hydrogen-bond acceptors (Lipinski definition) is 3. The van der Waals surface area contributed by atoms with Crippen molar-refractivity contribution < 1.29 is 0 Å². The summed E-state index contributed by atoms with van der Waals surface area (Å²) in [5, 5.41) is 7.67. The van der Waals surface area contributed by atoms with Gasteiger partial charge < -0.3 is 5.32 Å². The van der Waals surface area contributed by atoms with Gasteiger partial charge in [0, 0.05) is 31.6 Å². The second kappa shape index (κ2) is 6.97. The number of nitrogens with zero attached hydrogens (tertiary/aromatic N) is 2. The maximum Gasteiger partial charge on any atom is 0.0518 e. The lowest BCUT2D eigenvalue weighted by molar-refractivity contribution is 0.564. The van der Waals surface area contributed by atoms with Crippen LogP contribution in [-0.2, 0) is 13.6 Å². The molecule has 1 aromatic heterocycles. The van der Waals surface area contributed by atoms with E-state index in [2.05, 4.69) is 37.3 Å². The maximum absolute atomic E-state index is 4.15. The first-order valence-electron chi connectivity index (χ1n) is 5.87. The Morgan fingerprint density at radius 3 is 2.69 bits per heavy atom. The van der Waals surface area contributed by atoms with Crippen molar-refractivity contribution in [2.45, 2.75) is 33.4 Å². The third kappa shape index (κ3) is 5.03. The second-order valence-corrected chi connectivity index (χ2v) is 5.73. The van der Waals surface area contributed by atoms with E-state index in [9.17, 15) is 0 Å². The molecule has 1 N–H and O–H groups in total. The van der Waals surface area contributed by atoms with E-state index in [0.29, 0.717) is 6.04 Å². The molecule has 1 rings (SSSR count). The summed E-state index contributed by atoms with van der Waals surface area (Å²) in [7, 11) is 1.98. The van der Waals surface area contributed by atoms with Gasteiger partial charge >= 0.3 is 0 Å². The minimum absolute atomic E-state index is 0.554. The van der Waals surface area contributed by atoms with Crippen LogP contribution in [0.5, 0.6) is 0 Å². The van der Waals surface area contributed by atoms with Crippen molar-refractivity contribution in [1.29, 1.82) is 0 Å². The van der Waals surface area contributed by atoms with Crippen molar-refractivity contribution in [2.24, 2.45) is 13.0 Å². The van der Waals surface area contributed by atoms with Crippen molar-refractivity contribution in [1.82, 2.24) is 15.1 Å². The quantitative estimate of drug-likeness (QED) is 0.794. The molecule has 3 nitrogen and oxygen atoms in total. The Morgan fingerprint density at radius 2 is 2.12 bits per heavy atom. The normalized spacial score (nSPS) is 13.3. The van der Waals surface area contributed by atoms with Crippen LogP contribution < -0.4 is 5.32 Å². The summed E-state index contributed by atoms with van der Waals surface area (Å²) in [6.07, 6.45) is 1.84. The van der Waals surface area contributed by atoms with Crippen molar-refractivity contribution in [3.63, 3.8) is 0 Å². The zero-order chi connectivity index (χ0) is 12.0. The van der Waals surface area contributed by atoms with Crippen molar-refractivity contribution in [2.75, 3.05) is 11.5 Å². The van der Waals surface area contributed by atoms with Crippen LogP contribution in [0.2, 0.25) is 0 Å². The van der Waals surface area contributed by atoms with Crippen LogP contribution >= 0.6 is 11.8 Å². The molecule has 0 amide bonds. The van der Waals surface area contributed by atoms with Gasteiger partial charge in [-0.15, -0.1) is 0 Å². The lowest BCUT2D eigenvalue weighted by Gasteiger charge is -2.14. The Kier molecular flexibility index (Phi) is 5.91. The van der Waals surface area contributed by atoms with Gasteiger partial charge in [0.1, 0.15) is 0 Å². The fourth-order valence-corrected chi connectivity index (χ4v) is 2.47. The predicted octanol–water partition coefficient (Wildman–Crippen LogP) is 2.29. The van der Waals surface area contributed by atoms with E-state index >= 15 is 0 Å². The van der Waals surface area contributed by atoms with Crippen LogP contribution in [0, 0.1) is 5.92 Å². The molecule has 0 spiro atoms. The third-order valence-electron chi connectivity index (χ3n) is 2.37. The Balaban J connectivity index is 2.15. The van der Waals surface area contributed by atoms with Gasteiger partial charge in [0.05, 0.1) is 5.69 Å². The van der Waals surface area contributed by atoms with Crippen molar-refractivity contribution in [3.05, 3.63) is 18.0 Å². The lowest BCUT2D eigenvalue weighted by atomic mass is 10.3. The molecule has 0 bridgehead atoms. The van der Waals surface area contributed by atoms with E-state index < -0.39 is 0 Å². The van der Waals surface area contributed by atoms with Gasteiger partial charge in [0.25, 0.3) is 0 Å². The third-order valence-corrected chi connectivity index (χ3v) is 4.01. The smallest absolute Gasteiger partial charge is 0.0518 e. The molecule has 0 radical (unpaired) electrons. The highest BCUT2D eigenvalue weighted by molar-refractivity contribution is 7.99. The molecule has 0 aliphatic rings. The molecule has 1 atom stereocenters. The molecule has 0 aliphatic carbocycles. The van der Waals surface area contributed by atoms with Crippen LogP contribution in [0.4, 0.5) is 0 Å². The first kappa shape index (κ1) is 13.6. The van der Waals surface area contributed by atoms with Gasteiger partial charge in [-0.2, -0.15) is 16.9 Å². The van der Waals surface area contributed by atoms with E-state index in [-0.39, 0.29) is 0 Å². The van der Waals surface area contributed by atoms with E-state index in [1.807, 2.05) is 29.7 Å². The fraction of sp³-hybridized carbons (Fsp3) is 0.750. The van der Waals surface area contributed by atoms with Crippen LogP contribution in [0.3, 0.4) is 0 Å². The van der Waals surface area contributed by atoms with E-state index in [4.69, 9.17) is 0 Å². The summed E-state index contributed by atoms with van der Waals surface area (Å²) < 4.78 is 1.92. The average Bonchev–Trinajstić information content (AvgIpc) is 2.60. The summed E-state index contributed by atoms with van der Waals surface area (Å²) in [5.74, 6) is 3.21. The molecular weight excluding hydrogens is 218 g/mol. The van der Waals surface area contributed by atoms with Gasteiger partial charge in [0.15, 0.2) is 0 Å². The molecule has 0 aliphatic heterocycles. The number of hydrogen-bond donors (Lipinski definition) is 1. The highest BCUT2D eigenvalue weighted by atomic mass is 32.2. The van der Waals surface area contributed by atoms with E-state index in [0.717, 1.165) is 12.5 Å². The topological polar surface area (TPSA) is 29.9 Å². The van der Waals surface area contributed by atoms with Crippen LogP contribution in [0.25, 0.3) is 0 Å². The molecule has 1 unspecified atom stereocenters. The van der Waals surface area contributed by atoms with Gasteiger partial charge in [-0.05, 0) is 24.7 Å². The highest BCUT2D eigenvalue weighted by Gasteiger charge is 2.04. The first-order chi connectivity index (χ1) is 7.59.